The molecule has 0 saturated heterocycles. The van der Waals surface area contributed by atoms with Crippen molar-refractivity contribution in [3.8, 4) is 0 Å². The predicted octanol–water partition coefficient (Wildman–Crippen LogP) is -0.962. The molecule has 90 valence electrons. The Balaban J connectivity index is 4.51. The summed E-state index contributed by atoms with van der Waals surface area (Å²) in [6, 6.07) is 0. The number of carbonyl (C=O) groups excluding carboxylic acids is 1. The van der Waals surface area contributed by atoms with E-state index in [4.69, 9.17) is 21.1 Å². The summed E-state index contributed by atoms with van der Waals surface area (Å²) in [5, 5.41) is 26.6. The lowest BCUT2D eigenvalue weighted by molar-refractivity contribution is -0.124. The summed E-state index contributed by atoms with van der Waals surface area (Å²) in [7, 11) is 0. The normalized spacial score (nSPS) is 11.7. The molecule has 0 fully saturated rings. The molecule has 0 aromatic heterocycles. The van der Waals surface area contributed by atoms with Crippen molar-refractivity contribution in [3.05, 3.63) is 0 Å². The van der Waals surface area contributed by atoms with Crippen molar-refractivity contribution < 1.29 is 20.1 Å². The summed E-state index contributed by atoms with van der Waals surface area (Å²) in [5.74, 6) is -0.273. The first-order chi connectivity index (χ1) is 7.14. The second-order valence-electron chi connectivity index (χ2n) is 3.86. The number of aliphatic hydroxyl groups excluding tert-OH is 3. The van der Waals surface area contributed by atoms with Gasteiger partial charge in [-0.2, -0.15) is 0 Å². The van der Waals surface area contributed by atoms with Crippen molar-refractivity contribution in [2.24, 2.45) is 11.1 Å². The minimum atomic E-state index is -0.497. The van der Waals surface area contributed by atoms with Crippen LogP contribution in [0.4, 0.5) is 0 Å². The Hall–Kier alpha value is -0.490. The molecular weight excluding hydrogens is 198 g/mol. The molecule has 5 heteroatoms. The Morgan fingerprint density at radius 2 is 1.60 bits per heavy atom. The van der Waals surface area contributed by atoms with Crippen molar-refractivity contribution in [2.75, 3.05) is 26.4 Å². The van der Waals surface area contributed by atoms with Gasteiger partial charge in [0.1, 0.15) is 6.61 Å². The van der Waals surface area contributed by atoms with Crippen LogP contribution in [-0.2, 0) is 4.79 Å². The molecule has 0 aliphatic heterocycles. The summed E-state index contributed by atoms with van der Waals surface area (Å²) in [5.41, 5.74) is 5.00. The van der Waals surface area contributed by atoms with Gasteiger partial charge in [-0.1, -0.05) is 0 Å². The minimum absolute atomic E-state index is 0.0429. The highest BCUT2D eigenvalue weighted by Crippen LogP contribution is 2.34. The van der Waals surface area contributed by atoms with Crippen molar-refractivity contribution in [1.29, 1.82) is 0 Å². The molecule has 0 aromatic carbocycles. The summed E-state index contributed by atoms with van der Waals surface area (Å²) in [6.45, 7) is -0.181. The molecule has 0 heterocycles. The highest BCUT2D eigenvalue weighted by atomic mass is 16.3. The zero-order chi connectivity index (χ0) is 11.7. The number of hydrogen-bond donors (Lipinski definition) is 4. The van der Waals surface area contributed by atoms with Crippen molar-refractivity contribution in [1.82, 2.24) is 0 Å². The third kappa shape index (κ3) is 5.22. The summed E-state index contributed by atoms with van der Waals surface area (Å²) >= 11 is 0. The van der Waals surface area contributed by atoms with E-state index in [1.54, 1.807) is 0 Å². The van der Waals surface area contributed by atoms with E-state index in [0.717, 1.165) is 0 Å². The molecule has 0 aliphatic rings. The Morgan fingerprint density at radius 1 is 1.07 bits per heavy atom. The molecule has 15 heavy (non-hydrogen) atoms. The van der Waals surface area contributed by atoms with Gasteiger partial charge < -0.3 is 21.1 Å². The summed E-state index contributed by atoms with van der Waals surface area (Å²) < 4.78 is 0. The van der Waals surface area contributed by atoms with Crippen LogP contribution >= 0.6 is 0 Å². The van der Waals surface area contributed by atoms with Gasteiger partial charge in [0, 0.05) is 19.6 Å². The molecular formula is C10H21NO4. The SMILES string of the molecule is NCCC(CCO)(CCO)CC(=O)CO. The van der Waals surface area contributed by atoms with Gasteiger partial charge in [0.25, 0.3) is 0 Å². The van der Waals surface area contributed by atoms with E-state index >= 15 is 0 Å². The maximum atomic E-state index is 11.2. The molecule has 0 bridgehead atoms. The van der Waals surface area contributed by atoms with Crippen LogP contribution in [0.15, 0.2) is 0 Å². The molecule has 0 amide bonds. The Morgan fingerprint density at radius 3 is 1.93 bits per heavy atom. The first-order valence-corrected chi connectivity index (χ1v) is 5.18. The van der Waals surface area contributed by atoms with Gasteiger partial charge in [0.15, 0.2) is 5.78 Å². The van der Waals surface area contributed by atoms with Crippen molar-refractivity contribution in [2.45, 2.75) is 25.7 Å². The van der Waals surface area contributed by atoms with Crippen LogP contribution in [0.5, 0.6) is 0 Å². The first kappa shape index (κ1) is 14.5. The molecule has 0 unspecified atom stereocenters. The molecule has 0 radical (unpaired) electrons. The van der Waals surface area contributed by atoms with Gasteiger partial charge in [-0.3, -0.25) is 4.79 Å². The average Bonchev–Trinajstić information content (AvgIpc) is 2.18. The van der Waals surface area contributed by atoms with E-state index in [1.165, 1.54) is 0 Å². The van der Waals surface area contributed by atoms with Gasteiger partial charge >= 0.3 is 0 Å². The summed E-state index contributed by atoms with van der Waals surface area (Å²) in [4.78, 5) is 11.2. The van der Waals surface area contributed by atoms with E-state index in [0.29, 0.717) is 25.8 Å². The lowest BCUT2D eigenvalue weighted by atomic mass is 9.74. The van der Waals surface area contributed by atoms with Crippen LogP contribution in [0.2, 0.25) is 0 Å². The number of Topliss-reactive ketones (excluding diaryl/α,β-unsaturated/α-hetero) is 1. The quantitative estimate of drug-likeness (QED) is 0.400. The van der Waals surface area contributed by atoms with Gasteiger partial charge in [-0.05, 0) is 31.2 Å². The number of aliphatic hydroxyl groups is 3. The highest BCUT2D eigenvalue weighted by Gasteiger charge is 2.30. The topological polar surface area (TPSA) is 104 Å². The molecule has 5 nitrogen and oxygen atoms in total. The smallest absolute Gasteiger partial charge is 0.158 e. The predicted molar refractivity (Wildman–Crippen MR) is 56.2 cm³/mol. The zero-order valence-electron chi connectivity index (χ0n) is 8.98. The fourth-order valence-corrected chi connectivity index (χ4v) is 1.89. The molecule has 0 atom stereocenters. The lowest BCUT2D eigenvalue weighted by Crippen LogP contribution is -2.31. The standard InChI is InChI=1S/C10H21NO4/c11-4-1-10(2-5-12,3-6-13)7-9(15)8-14/h12-14H,1-8,11H2. The molecule has 0 spiro atoms. The van der Waals surface area contributed by atoms with E-state index < -0.39 is 12.0 Å². The second-order valence-corrected chi connectivity index (χ2v) is 3.86. The average molecular weight is 219 g/mol. The Labute approximate surface area is 89.9 Å². The maximum Gasteiger partial charge on any atom is 0.158 e. The number of carbonyl (C=O) groups is 1. The lowest BCUT2D eigenvalue weighted by Gasteiger charge is -2.31. The van der Waals surface area contributed by atoms with Crippen LogP contribution in [0.25, 0.3) is 0 Å². The Bertz CT molecular complexity index is 167. The first-order valence-electron chi connectivity index (χ1n) is 5.18. The molecule has 0 aromatic rings. The third-order valence-corrected chi connectivity index (χ3v) is 2.71. The third-order valence-electron chi connectivity index (χ3n) is 2.71. The fourth-order valence-electron chi connectivity index (χ4n) is 1.89. The number of ketones is 1. The van der Waals surface area contributed by atoms with E-state index in [9.17, 15) is 4.79 Å². The maximum absolute atomic E-state index is 11.2. The van der Waals surface area contributed by atoms with E-state index in [-0.39, 0.29) is 25.4 Å². The van der Waals surface area contributed by atoms with Gasteiger partial charge in [-0.25, -0.2) is 0 Å². The Kier molecular flexibility index (Phi) is 7.50. The van der Waals surface area contributed by atoms with Crippen LogP contribution < -0.4 is 5.73 Å². The molecule has 5 N–H and O–H groups in total. The summed E-state index contributed by atoms with van der Waals surface area (Å²) in [6.07, 6.45) is 1.59. The number of nitrogens with two attached hydrogens (primary N) is 1. The number of rotatable bonds is 9. The van der Waals surface area contributed by atoms with Crippen LogP contribution in [-0.4, -0.2) is 47.5 Å². The van der Waals surface area contributed by atoms with Crippen LogP contribution in [0.1, 0.15) is 25.7 Å². The molecule has 0 saturated carbocycles. The largest absolute Gasteiger partial charge is 0.396 e. The molecule has 0 rings (SSSR count). The van der Waals surface area contributed by atoms with Gasteiger partial charge in [0.05, 0.1) is 0 Å². The van der Waals surface area contributed by atoms with E-state index in [1.807, 2.05) is 0 Å². The molecule has 0 aliphatic carbocycles. The van der Waals surface area contributed by atoms with Crippen LogP contribution in [0, 0.1) is 5.41 Å². The monoisotopic (exact) mass is 219 g/mol. The fraction of sp³-hybridized carbons (Fsp3) is 0.900. The minimum Gasteiger partial charge on any atom is -0.396 e. The zero-order valence-corrected chi connectivity index (χ0v) is 8.98. The second kappa shape index (κ2) is 7.76. The van der Waals surface area contributed by atoms with Crippen LogP contribution in [0.3, 0.4) is 0 Å². The van der Waals surface area contributed by atoms with E-state index in [2.05, 4.69) is 0 Å². The number of hydrogen-bond acceptors (Lipinski definition) is 5. The van der Waals surface area contributed by atoms with Gasteiger partial charge in [-0.15, -0.1) is 0 Å². The van der Waals surface area contributed by atoms with Gasteiger partial charge in [0.2, 0.25) is 0 Å². The highest BCUT2D eigenvalue weighted by molar-refractivity contribution is 5.80. The van der Waals surface area contributed by atoms with Crippen molar-refractivity contribution in [3.63, 3.8) is 0 Å². The van der Waals surface area contributed by atoms with Crippen molar-refractivity contribution >= 4 is 5.78 Å².